The number of carbonyl (C=O) groups is 1. The van der Waals surface area contributed by atoms with E-state index in [2.05, 4.69) is 22.4 Å². The molecule has 0 atom stereocenters. The molecule has 0 saturated heterocycles. The van der Waals surface area contributed by atoms with Crippen molar-refractivity contribution >= 4 is 16.7 Å². The van der Waals surface area contributed by atoms with Crippen molar-refractivity contribution in [2.24, 2.45) is 0 Å². The summed E-state index contributed by atoms with van der Waals surface area (Å²) in [7, 11) is 0. The second-order valence-electron chi connectivity index (χ2n) is 6.08. The lowest BCUT2D eigenvalue weighted by atomic mass is 10.0. The Bertz CT molecular complexity index is 1030. The fraction of sp³-hybridized carbons (Fsp3) is 0.0909. The van der Waals surface area contributed by atoms with Crippen molar-refractivity contribution in [3.05, 3.63) is 90.3 Å². The van der Waals surface area contributed by atoms with Crippen LogP contribution in [0.1, 0.15) is 11.1 Å². The van der Waals surface area contributed by atoms with Crippen molar-refractivity contribution in [2.45, 2.75) is 13.0 Å². The summed E-state index contributed by atoms with van der Waals surface area (Å²) in [6.45, 7) is 0.410. The SMILES string of the molecule is O=C(Cc1cccc2ccccc12)NCc1cccnc1-c1ccco1. The average Bonchev–Trinajstić information content (AvgIpc) is 3.21. The molecule has 4 aromatic rings. The van der Waals surface area contributed by atoms with E-state index in [1.807, 2.05) is 54.6 Å². The van der Waals surface area contributed by atoms with E-state index in [-0.39, 0.29) is 5.91 Å². The van der Waals surface area contributed by atoms with E-state index >= 15 is 0 Å². The topological polar surface area (TPSA) is 55.1 Å². The summed E-state index contributed by atoms with van der Waals surface area (Å²) in [5.41, 5.74) is 2.70. The number of aromatic nitrogens is 1. The summed E-state index contributed by atoms with van der Waals surface area (Å²) < 4.78 is 5.44. The molecule has 4 rings (SSSR count). The van der Waals surface area contributed by atoms with Crippen LogP contribution < -0.4 is 5.32 Å². The van der Waals surface area contributed by atoms with E-state index in [1.54, 1.807) is 12.5 Å². The quantitative estimate of drug-likeness (QED) is 0.586. The number of benzene rings is 2. The van der Waals surface area contributed by atoms with Crippen molar-refractivity contribution in [3.8, 4) is 11.5 Å². The Morgan fingerprint density at radius 1 is 0.923 bits per heavy atom. The molecule has 26 heavy (non-hydrogen) atoms. The minimum absolute atomic E-state index is 0.0180. The maximum absolute atomic E-state index is 12.5. The van der Waals surface area contributed by atoms with Crippen LogP contribution in [0.15, 0.2) is 83.6 Å². The molecule has 0 aliphatic carbocycles. The Balaban J connectivity index is 1.48. The van der Waals surface area contributed by atoms with E-state index in [4.69, 9.17) is 4.42 Å². The minimum Gasteiger partial charge on any atom is -0.463 e. The number of hydrogen-bond donors (Lipinski definition) is 1. The summed E-state index contributed by atoms with van der Waals surface area (Å²) in [5, 5.41) is 5.25. The second-order valence-corrected chi connectivity index (χ2v) is 6.08. The number of pyridine rings is 1. The average molecular weight is 342 g/mol. The van der Waals surface area contributed by atoms with Gasteiger partial charge in [-0.2, -0.15) is 0 Å². The van der Waals surface area contributed by atoms with Crippen LogP contribution in [-0.4, -0.2) is 10.9 Å². The van der Waals surface area contributed by atoms with E-state index < -0.39 is 0 Å². The Kier molecular flexibility index (Phi) is 4.48. The Hall–Kier alpha value is -3.40. The first kappa shape index (κ1) is 16.1. The van der Waals surface area contributed by atoms with Gasteiger partial charge in [-0.25, -0.2) is 0 Å². The van der Waals surface area contributed by atoms with Gasteiger partial charge in [-0.3, -0.25) is 9.78 Å². The largest absolute Gasteiger partial charge is 0.463 e. The highest BCUT2D eigenvalue weighted by molar-refractivity contribution is 5.90. The first-order valence-electron chi connectivity index (χ1n) is 8.52. The Morgan fingerprint density at radius 2 is 1.77 bits per heavy atom. The van der Waals surface area contributed by atoms with Crippen LogP contribution in [0.4, 0.5) is 0 Å². The van der Waals surface area contributed by atoms with E-state index in [0.717, 1.165) is 27.6 Å². The van der Waals surface area contributed by atoms with Crippen molar-refractivity contribution in [3.63, 3.8) is 0 Å². The number of nitrogens with one attached hydrogen (secondary N) is 1. The highest BCUT2D eigenvalue weighted by atomic mass is 16.3. The van der Waals surface area contributed by atoms with Gasteiger partial charge in [-0.15, -0.1) is 0 Å². The first-order valence-corrected chi connectivity index (χ1v) is 8.52. The maximum Gasteiger partial charge on any atom is 0.224 e. The highest BCUT2D eigenvalue weighted by Crippen LogP contribution is 2.22. The number of hydrogen-bond acceptors (Lipinski definition) is 3. The van der Waals surface area contributed by atoms with E-state index in [9.17, 15) is 4.79 Å². The van der Waals surface area contributed by atoms with Crippen LogP contribution in [0.3, 0.4) is 0 Å². The number of amides is 1. The number of furan rings is 1. The zero-order valence-corrected chi connectivity index (χ0v) is 14.2. The number of carbonyl (C=O) groups excluding carboxylic acids is 1. The third-order valence-electron chi connectivity index (χ3n) is 4.35. The molecule has 1 N–H and O–H groups in total. The molecule has 0 aliphatic rings. The van der Waals surface area contributed by atoms with Gasteiger partial charge in [-0.1, -0.05) is 48.5 Å². The molecule has 1 amide bonds. The van der Waals surface area contributed by atoms with Gasteiger partial charge in [0.05, 0.1) is 12.7 Å². The molecule has 4 nitrogen and oxygen atoms in total. The molecule has 128 valence electrons. The molecule has 0 aliphatic heterocycles. The molecule has 2 heterocycles. The molecule has 4 heteroatoms. The van der Waals surface area contributed by atoms with E-state index in [1.165, 1.54) is 0 Å². The molecule has 0 unspecified atom stereocenters. The van der Waals surface area contributed by atoms with Crippen molar-refractivity contribution in [1.29, 1.82) is 0 Å². The summed E-state index contributed by atoms with van der Waals surface area (Å²) >= 11 is 0. The van der Waals surface area contributed by atoms with Gasteiger partial charge in [0.1, 0.15) is 5.69 Å². The lowest BCUT2D eigenvalue weighted by Gasteiger charge is -2.10. The van der Waals surface area contributed by atoms with Gasteiger partial charge >= 0.3 is 0 Å². The van der Waals surface area contributed by atoms with Crippen LogP contribution in [-0.2, 0) is 17.8 Å². The smallest absolute Gasteiger partial charge is 0.224 e. The third-order valence-corrected chi connectivity index (χ3v) is 4.35. The molecule has 0 saturated carbocycles. The summed E-state index contributed by atoms with van der Waals surface area (Å²) in [4.78, 5) is 16.9. The van der Waals surface area contributed by atoms with Crippen LogP contribution in [0.2, 0.25) is 0 Å². The van der Waals surface area contributed by atoms with Crippen molar-refractivity contribution in [2.75, 3.05) is 0 Å². The maximum atomic E-state index is 12.5. The molecule has 0 fully saturated rings. The fourth-order valence-corrected chi connectivity index (χ4v) is 3.09. The van der Waals surface area contributed by atoms with Gasteiger partial charge in [-0.05, 0) is 34.5 Å². The number of rotatable bonds is 5. The van der Waals surface area contributed by atoms with Crippen LogP contribution in [0.5, 0.6) is 0 Å². The Labute approximate surface area is 151 Å². The first-order chi connectivity index (χ1) is 12.8. The lowest BCUT2D eigenvalue weighted by Crippen LogP contribution is -2.25. The van der Waals surface area contributed by atoms with Crippen LogP contribution in [0, 0.1) is 0 Å². The zero-order valence-electron chi connectivity index (χ0n) is 14.2. The summed E-state index contributed by atoms with van der Waals surface area (Å²) in [6, 6.07) is 21.7. The highest BCUT2D eigenvalue weighted by Gasteiger charge is 2.11. The molecule has 2 aromatic carbocycles. The summed E-state index contributed by atoms with van der Waals surface area (Å²) in [5.74, 6) is 0.680. The fourth-order valence-electron chi connectivity index (χ4n) is 3.09. The minimum atomic E-state index is -0.0180. The normalized spacial score (nSPS) is 10.8. The summed E-state index contributed by atoms with van der Waals surface area (Å²) in [6.07, 6.45) is 3.68. The Morgan fingerprint density at radius 3 is 2.65 bits per heavy atom. The zero-order chi connectivity index (χ0) is 17.8. The third kappa shape index (κ3) is 3.35. The van der Waals surface area contributed by atoms with E-state index in [0.29, 0.717) is 18.7 Å². The lowest BCUT2D eigenvalue weighted by molar-refractivity contribution is -0.120. The predicted molar refractivity (Wildman–Crippen MR) is 101 cm³/mol. The van der Waals surface area contributed by atoms with Gasteiger partial charge in [0, 0.05) is 18.3 Å². The monoisotopic (exact) mass is 342 g/mol. The van der Waals surface area contributed by atoms with Gasteiger partial charge in [0.2, 0.25) is 5.91 Å². The molecule has 0 spiro atoms. The van der Waals surface area contributed by atoms with Crippen LogP contribution in [0.25, 0.3) is 22.2 Å². The molecule has 2 aromatic heterocycles. The predicted octanol–water partition coefficient (Wildman–Crippen LogP) is 4.35. The molecular weight excluding hydrogens is 324 g/mol. The van der Waals surface area contributed by atoms with Gasteiger partial charge in [0.25, 0.3) is 0 Å². The van der Waals surface area contributed by atoms with Gasteiger partial charge in [0.15, 0.2) is 5.76 Å². The van der Waals surface area contributed by atoms with Crippen molar-refractivity contribution < 1.29 is 9.21 Å². The molecule has 0 bridgehead atoms. The van der Waals surface area contributed by atoms with Crippen molar-refractivity contribution in [1.82, 2.24) is 10.3 Å². The number of nitrogens with zero attached hydrogens (tertiary/aromatic N) is 1. The van der Waals surface area contributed by atoms with Gasteiger partial charge < -0.3 is 9.73 Å². The number of fused-ring (bicyclic) bond motifs is 1. The second kappa shape index (κ2) is 7.23. The molecule has 0 radical (unpaired) electrons. The van der Waals surface area contributed by atoms with Crippen LogP contribution >= 0.6 is 0 Å². The standard InChI is InChI=1S/C22H18N2O2/c25-21(14-17-8-3-7-16-6-1-2-10-19(16)17)24-15-18-9-4-12-23-22(18)20-11-5-13-26-20/h1-13H,14-15H2,(H,24,25). The molecular formula is C22H18N2O2.